The number of rotatable bonds is 4. The fourth-order valence-electron chi connectivity index (χ4n) is 2.31. The minimum atomic E-state index is 0.566. The lowest BCUT2D eigenvalue weighted by molar-refractivity contribution is 0.686. The predicted molar refractivity (Wildman–Crippen MR) is 81.9 cm³/mol. The van der Waals surface area contributed by atoms with Crippen molar-refractivity contribution in [2.75, 3.05) is 23.0 Å². The van der Waals surface area contributed by atoms with Gasteiger partial charge in [0.15, 0.2) is 0 Å². The molecule has 1 saturated heterocycles. The second kappa shape index (κ2) is 6.67. The molecule has 1 aliphatic heterocycles. The Morgan fingerprint density at radius 2 is 2.33 bits per heavy atom. The standard InChI is InChI=1S/C14H21ClN2S/c1-3-4-13-7-12(9-15)8-14(16-13)17-5-6-18-10-11(17)2/h7-8,11H,3-6,9-10H2,1-2H3. The fraction of sp³-hybridized carbons (Fsp3) is 0.643. The van der Waals surface area contributed by atoms with Gasteiger partial charge in [0.05, 0.1) is 0 Å². The van der Waals surface area contributed by atoms with E-state index in [1.807, 2.05) is 11.8 Å². The summed E-state index contributed by atoms with van der Waals surface area (Å²) in [7, 11) is 0. The van der Waals surface area contributed by atoms with Crippen LogP contribution in [0.2, 0.25) is 0 Å². The molecule has 0 saturated carbocycles. The summed E-state index contributed by atoms with van der Waals surface area (Å²) in [6, 6.07) is 4.86. The van der Waals surface area contributed by atoms with Gasteiger partial charge in [0.1, 0.15) is 5.82 Å². The molecule has 1 fully saturated rings. The van der Waals surface area contributed by atoms with Crippen LogP contribution in [0.4, 0.5) is 5.82 Å². The van der Waals surface area contributed by atoms with Crippen molar-refractivity contribution < 1.29 is 0 Å². The molecular weight excluding hydrogens is 264 g/mol. The first-order valence-electron chi connectivity index (χ1n) is 6.64. The SMILES string of the molecule is CCCc1cc(CCl)cc(N2CCSCC2C)n1. The van der Waals surface area contributed by atoms with Crippen LogP contribution in [0.15, 0.2) is 12.1 Å². The van der Waals surface area contributed by atoms with Crippen molar-refractivity contribution in [2.24, 2.45) is 0 Å². The molecule has 2 heterocycles. The average Bonchev–Trinajstić information content (AvgIpc) is 2.39. The highest BCUT2D eigenvalue weighted by molar-refractivity contribution is 7.99. The lowest BCUT2D eigenvalue weighted by Crippen LogP contribution is -2.41. The van der Waals surface area contributed by atoms with Gasteiger partial charge in [-0.25, -0.2) is 4.98 Å². The molecule has 0 radical (unpaired) electrons. The summed E-state index contributed by atoms with van der Waals surface area (Å²) >= 11 is 8.03. The Morgan fingerprint density at radius 1 is 1.50 bits per heavy atom. The first-order valence-corrected chi connectivity index (χ1v) is 8.33. The Kier molecular flexibility index (Phi) is 5.19. The summed E-state index contributed by atoms with van der Waals surface area (Å²) in [4.78, 5) is 7.23. The maximum absolute atomic E-state index is 6.00. The van der Waals surface area contributed by atoms with Crippen LogP contribution >= 0.6 is 23.4 Å². The number of aryl methyl sites for hydroxylation is 1. The second-order valence-electron chi connectivity index (χ2n) is 4.83. The van der Waals surface area contributed by atoms with Gasteiger partial charge in [-0.15, -0.1) is 11.6 Å². The van der Waals surface area contributed by atoms with Gasteiger partial charge in [0.25, 0.3) is 0 Å². The average molecular weight is 285 g/mol. The van der Waals surface area contributed by atoms with Crippen LogP contribution in [0, 0.1) is 0 Å². The fourth-order valence-corrected chi connectivity index (χ4v) is 3.48. The molecule has 2 nitrogen and oxygen atoms in total. The number of alkyl halides is 1. The van der Waals surface area contributed by atoms with E-state index in [1.54, 1.807) is 0 Å². The molecule has 100 valence electrons. The van der Waals surface area contributed by atoms with Gasteiger partial charge in [-0.1, -0.05) is 13.3 Å². The summed E-state index contributed by atoms with van der Waals surface area (Å²) in [6.07, 6.45) is 2.16. The molecule has 0 N–H and O–H groups in total. The van der Waals surface area contributed by atoms with Crippen molar-refractivity contribution in [2.45, 2.75) is 38.6 Å². The van der Waals surface area contributed by atoms with Gasteiger partial charge in [-0.2, -0.15) is 11.8 Å². The topological polar surface area (TPSA) is 16.1 Å². The molecule has 0 aromatic carbocycles. The Bertz CT molecular complexity index is 397. The number of hydrogen-bond acceptors (Lipinski definition) is 3. The van der Waals surface area contributed by atoms with E-state index in [0.29, 0.717) is 11.9 Å². The number of hydrogen-bond donors (Lipinski definition) is 0. The Balaban J connectivity index is 2.27. The van der Waals surface area contributed by atoms with Gasteiger partial charge in [0, 0.05) is 35.7 Å². The van der Waals surface area contributed by atoms with Crippen molar-refractivity contribution in [3.05, 3.63) is 23.4 Å². The number of anilines is 1. The van der Waals surface area contributed by atoms with Gasteiger partial charge in [-0.3, -0.25) is 0 Å². The molecule has 0 amide bonds. The van der Waals surface area contributed by atoms with Gasteiger partial charge in [-0.05, 0) is 31.0 Å². The molecule has 0 spiro atoms. The highest BCUT2D eigenvalue weighted by Gasteiger charge is 2.20. The Morgan fingerprint density at radius 3 is 3.00 bits per heavy atom. The van der Waals surface area contributed by atoms with Crippen LogP contribution < -0.4 is 4.90 Å². The molecule has 1 atom stereocenters. The van der Waals surface area contributed by atoms with Gasteiger partial charge >= 0.3 is 0 Å². The third-order valence-electron chi connectivity index (χ3n) is 3.25. The highest BCUT2D eigenvalue weighted by atomic mass is 35.5. The molecule has 2 rings (SSSR count). The third kappa shape index (κ3) is 3.33. The normalized spacial score (nSPS) is 20.2. The second-order valence-corrected chi connectivity index (χ2v) is 6.24. The summed E-state index contributed by atoms with van der Waals surface area (Å²) in [6.45, 7) is 5.56. The first kappa shape index (κ1) is 14.0. The largest absolute Gasteiger partial charge is 0.352 e. The number of aromatic nitrogens is 1. The van der Waals surface area contributed by atoms with Crippen LogP contribution in [0.5, 0.6) is 0 Å². The van der Waals surface area contributed by atoms with E-state index < -0.39 is 0 Å². The van der Waals surface area contributed by atoms with Gasteiger partial charge in [0.2, 0.25) is 0 Å². The van der Waals surface area contributed by atoms with Gasteiger partial charge < -0.3 is 4.90 Å². The molecule has 0 aliphatic carbocycles. The lowest BCUT2D eigenvalue weighted by atomic mass is 10.1. The zero-order chi connectivity index (χ0) is 13.0. The molecule has 1 unspecified atom stereocenters. The van der Waals surface area contributed by atoms with E-state index in [4.69, 9.17) is 16.6 Å². The number of nitrogens with zero attached hydrogens (tertiary/aromatic N) is 2. The maximum atomic E-state index is 6.00. The zero-order valence-corrected chi connectivity index (χ0v) is 12.7. The molecule has 1 aromatic heterocycles. The van der Waals surface area contributed by atoms with Crippen LogP contribution in [0.3, 0.4) is 0 Å². The third-order valence-corrected chi connectivity index (χ3v) is 4.74. The monoisotopic (exact) mass is 284 g/mol. The Hall–Kier alpha value is -0.410. The quantitative estimate of drug-likeness (QED) is 0.784. The van der Waals surface area contributed by atoms with E-state index in [1.165, 1.54) is 22.8 Å². The number of pyridine rings is 1. The van der Waals surface area contributed by atoms with Crippen LogP contribution in [-0.2, 0) is 12.3 Å². The minimum Gasteiger partial charge on any atom is -0.352 e. The smallest absolute Gasteiger partial charge is 0.129 e. The summed E-state index contributed by atoms with van der Waals surface area (Å²) in [5, 5.41) is 0. The van der Waals surface area contributed by atoms with Crippen molar-refractivity contribution in [1.29, 1.82) is 0 Å². The van der Waals surface area contributed by atoms with E-state index in [0.717, 1.165) is 25.2 Å². The van der Waals surface area contributed by atoms with E-state index in [-0.39, 0.29) is 0 Å². The van der Waals surface area contributed by atoms with E-state index >= 15 is 0 Å². The summed E-state index contributed by atoms with van der Waals surface area (Å²) < 4.78 is 0. The molecule has 18 heavy (non-hydrogen) atoms. The van der Waals surface area contributed by atoms with Crippen molar-refractivity contribution in [3.63, 3.8) is 0 Å². The molecule has 1 aliphatic rings. The number of thioether (sulfide) groups is 1. The molecule has 4 heteroatoms. The molecule has 1 aromatic rings. The zero-order valence-electron chi connectivity index (χ0n) is 11.2. The van der Waals surface area contributed by atoms with Crippen LogP contribution in [-0.4, -0.2) is 29.1 Å². The van der Waals surface area contributed by atoms with Crippen LogP contribution in [0.1, 0.15) is 31.5 Å². The van der Waals surface area contributed by atoms with E-state index in [2.05, 4.69) is 30.9 Å². The molecule has 0 bridgehead atoms. The van der Waals surface area contributed by atoms with Crippen molar-refractivity contribution in [3.8, 4) is 0 Å². The van der Waals surface area contributed by atoms with Crippen LogP contribution in [0.25, 0.3) is 0 Å². The highest BCUT2D eigenvalue weighted by Crippen LogP contribution is 2.24. The minimum absolute atomic E-state index is 0.566. The first-order chi connectivity index (χ1) is 8.74. The summed E-state index contributed by atoms with van der Waals surface area (Å²) in [5.41, 5.74) is 2.37. The molecular formula is C14H21ClN2S. The lowest BCUT2D eigenvalue weighted by Gasteiger charge is -2.34. The Labute approximate surface area is 119 Å². The predicted octanol–water partition coefficient (Wildman–Crippen LogP) is 3.71. The summed E-state index contributed by atoms with van der Waals surface area (Å²) in [5.74, 6) is 4.07. The van der Waals surface area contributed by atoms with Crippen molar-refractivity contribution >= 4 is 29.2 Å². The van der Waals surface area contributed by atoms with E-state index in [9.17, 15) is 0 Å². The van der Waals surface area contributed by atoms with Crippen molar-refractivity contribution in [1.82, 2.24) is 4.98 Å². The maximum Gasteiger partial charge on any atom is 0.129 e. The number of halogens is 1.